The van der Waals surface area contributed by atoms with Gasteiger partial charge in [-0.25, -0.2) is 19.6 Å². The van der Waals surface area contributed by atoms with E-state index in [2.05, 4.69) is 46.5 Å². The number of benzene rings is 3. The van der Waals surface area contributed by atoms with Crippen LogP contribution >= 0.6 is 0 Å². The van der Waals surface area contributed by atoms with Crippen LogP contribution < -0.4 is 10.1 Å². The number of aromatic amines is 2. The summed E-state index contributed by atoms with van der Waals surface area (Å²) in [7, 11) is 5.62. The SMILES string of the molecule is COC(=O)N[C@H](C(=O)N1CC(C)CC1c1ncc(-c2ccc3c(c2)COc2cc4c(ccc5nc(C6CC[C@H](C)N6C(=O)[C@H]([C@@H](C)OC)N(C)C(=O)O)[nH]c54)cc2-3)[nH]1)[C@@H](C)OC. The fraction of sp³-hybridized carbons (Fsp3) is 0.467. The molecule has 3 unspecified atom stereocenters. The number of nitrogens with one attached hydrogen (secondary N) is 3. The molecular formula is C45H54N8O9. The molecule has 3 aliphatic heterocycles. The molecule has 3 aliphatic rings. The first-order valence-corrected chi connectivity index (χ1v) is 21.0. The van der Waals surface area contributed by atoms with Gasteiger partial charge in [-0.2, -0.15) is 0 Å². The molecular weight excluding hydrogens is 797 g/mol. The molecule has 4 N–H and O–H groups in total. The van der Waals surface area contributed by atoms with Crippen LogP contribution in [-0.2, 0) is 30.4 Å². The largest absolute Gasteiger partial charge is 0.488 e. The van der Waals surface area contributed by atoms with Gasteiger partial charge in [-0.1, -0.05) is 25.1 Å². The molecule has 17 nitrogen and oxygen atoms in total. The molecule has 0 bridgehead atoms. The average molecular weight is 851 g/mol. The molecule has 17 heteroatoms. The topological polar surface area (TPSA) is 205 Å². The zero-order chi connectivity index (χ0) is 44.1. The number of imidazole rings is 2. The quantitative estimate of drug-likeness (QED) is 0.115. The van der Waals surface area contributed by atoms with Crippen LogP contribution in [0.1, 0.15) is 76.3 Å². The first-order chi connectivity index (χ1) is 29.7. The highest BCUT2D eigenvalue weighted by Crippen LogP contribution is 2.44. The zero-order valence-corrected chi connectivity index (χ0v) is 36.2. The Morgan fingerprint density at radius 1 is 0.935 bits per heavy atom. The third-order valence-corrected chi connectivity index (χ3v) is 13.0. The molecule has 2 saturated heterocycles. The second-order valence-electron chi connectivity index (χ2n) is 16.9. The third kappa shape index (κ3) is 7.57. The lowest BCUT2D eigenvalue weighted by atomic mass is 9.92. The summed E-state index contributed by atoms with van der Waals surface area (Å²) < 4.78 is 22.1. The highest BCUT2D eigenvalue weighted by molar-refractivity contribution is 6.07. The fourth-order valence-electron chi connectivity index (χ4n) is 9.43. The Morgan fingerprint density at radius 3 is 2.44 bits per heavy atom. The van der Waals surface area contributed by atoms with E-state index in [1.54, 1.807) is 29.8 Å². The van der Waals surface area contributed by atoms with Crippen LogP contribution in [0.3, 0.4) is 0 Å². The predicted molar refractivity (Wildman–Crippen MR) is 229 cm³/mol. The number of nitrogens with zero attached hydrogens (tertiary/aromatic N) is 5. The number of carbonyl (C=O) groups excluding carboxylic acids is 3. The molecule has 5 heterocycles. The van der Waals surface area contributed by atoms with E-state index in [-0.39, 0.29) is 35.9 Å². The second-order valence-corrected chi connectivity index (χ2v) is 16.9. The molecule has 2 fully saturated rings. The Bertz CT molecular complexity index is 2540. The minimum Gasteiger partial charge on any atom is -0.488 e. The van der Waals surface area contributed by atoms with Crippen molar-refractivity contribution >= 4 is 45.8 Å². The Labute approximate surface area is 359 Å². The number of amides is 4. The van der Waals surface area contributed by atoms with E-state index in [0.717, 1.165) is 66.8 Å². The Kier molecular flexibility index (Phi) is 11.6. The lowest BCUT2D eigenvalue weighted by Crippen LogP contribution is -2.55. The summed E-state index contributed by atoms with van der Waals surface area (Å²) in [5, 5.41) is 14.4. The van der Waals surface area contributed by atoms with E-state index in [4.69, 9.17) is 28.9 Å². The maximum Gasteiger partial charge on any atom is 0.407 e. The first-order valence-electron chi connectivity index (χ1n) is 21.0. The molecule has 0 saturated carbocycles. The van der Waals surface area contributed by atoms with E-state index in [1.165, 1.54) is 28.4 Å². The van der Waals surface area contributed by atoms with Gasteiger partial charge in [0.2, 0.25) is 11.8 Å². The van der Waals surface area contributed by atoms with E-state index in [9.17, 15) is 24.3 Å². The van der Waals surface area contributed by atoms with Gasteiger partial charge in [-0.15, -0.1) is 0 Å². The van der Waals surface area contributed by atoms with Crippen molar-refractivity contribution in [3.8, 4) is 28.1 Å². The van der Waals surface area contributed by atoms with Gasteiger partial charge in [-0.3, -0.25) is 14.5 Å². The van der Waals surface area contributed by atoms with Crippen LogP contribution in [0, 0.1) is 5.92 Å². The number of carboxylic acid groups (broad SMARTS) is 1. The summed E-state index contributed by atoms with van der Waals surface area (Å²) in [4.78, 5) is 73.4. The Balaban J connectivity index is 1.05. The van der Waals surface area contributed by atoms with Gasteiger partial charge in [0.25, 0.3) is 0 Å². The summed E-state index contributed by atoms with van der Waals surface area (Å²) >= 11 is 0. The highest BCUT2D eigenvalue weighted by atomic mass is 16.5. The number of methoxy groups -OCH3 is 3. The number of alkyl carbamates (subject to hydrolysis) is 1. The number of H-pyrrole nitrogens is 2. The smallest absolute Gasteiger partial charge is 0.407 e. The molecule has 5 aromatic rings. The van der Waals surface area contributed by atoms with Crippen molar-refractivity contribution < 1.29 is 43.2 Å². The normalized spacial score (nSPS) is 21.5. The molecule has 4 amide bonds. The summed E-state index contributed by atoms with van der Waals surface area (Å²) in [5.74, 6) is 1.68. The zero-order valence-electron chi connectivity index (χ0n) is 36.2. The minimum absolute atomic E-state index is 0.124. The Morgan fingerprint density at radius 2 is 1.71 bits per heavy atom. The van der Waals surface area contributed by atoms with Crippen molar-refractivity contribution in [2.45, 2.75) is 96.0 Å². The number of aromatic nitrogens is 4. The molecule has 8 atom stereocenters. The van der Waals surface area contributed by atoms with E-state index in [0.29, 0.717) is 37.6 Å². The minimum atomic E-state index is -1.20. The monoisotopic (exact) mass is 850 g/mol. The van der Waals surface area contributed by atoms with Crippen LogP contribution in [0.2, 0.25) is 0 Å². The molecule has 328 valence electrons. The van der Waals surface area contributed by atoms with Gasteiger partial charge in [0.1, 0.15) is 36.1 Å². The van der Waals surface area contributed by atoms with Gasteiger partial charge in [0.05, 0.1) is 54.3 Å². The van der Waals surface area contributed by atoms with Gasteiger partial charge in [0.15, 0.2) is 0 Å². The number of rotatable bonds is 11. The van der Waals surface area contributed by atoms with Crippen LogP contribution in [0.5, 0.6) is 5.75 Å². The maximum atomic E-state index is 14.1. The lowest BCUT2D eigenvalue weighted by molar-refractivity contribution is -0.143. The fourth-order valence-corrected chi connectivity index (χ4v) is 9.43. The van der Waals surface area contributed by atoms with Crippen molar-refractivity contribution in [2.24, 2.45) is 5.92 Å². The highest BCUT2D eigenvalue weighted by Gasteiger charge is 2.44. The molecule has 8 rings (SSSR count). The van der Waals surface area contributed by atoms with Crippen molar-refractivity contribution in [3.63, 3.8) is 0 Å². The van der Waals surface area contributed by atoms with Gasteiger partial charge in [0, 0.05) is 44.8 Å². The molecule has 3 aromatic carbocycles. The molecule has 2 aromatic heterocycles. The first kappa shape index (κ1) is 42.5. The van der Waals surface area contributed by atoms with Crippen molar-refractivity contribution in [3.05, 3.63) is 65.9 Å². The van der Waals surface area contributed by atoms with E-state index in [1.807, 2.05) is 25.1 Å². The van der Waals surface area contributed by atoms with E-state index >= 15 is 0 Å². The number of ether oxygens (including phenoxy) is 4. The lowest BCUT2D eigenvalue weighted by Gasteiger charge is -2.36. The van der Waals surface area contributed by atoms with Gasteiger partial charge >= 0.3 is 12.2 Å². The molecule has 62 heavy (non-hydrogen) atoms. The van der Waals surface area contributed by atoms with E-state index < -0.39 is 36.5 Å². The van der Waals surface area contributed by atoms with Crippen molar-refractivity contribution in [1.29, 1.82) is 0 Å². The average Bonchev–Trinajstić information content (AvgIpc) is 4.09. The second kappa shape index (κ2) is 16.9. The maximum absolute atomic E-state index is 14.1. The standard InChI is InChI=1S/C45H54N8O9/c1-22-15-35(52(20-22)42(54)37(24(3)59-6)50-44(56)61-8)40-46-19-33(48-40)27-10-12-29-28(16-27)21-62-36-18-30-26(17-31(29)36)11-13-32-38(30)49-41(47-32)34-14-9-23(2)53(34)43(55)39(25(4)60-7)51(5)45(57)58/h10-13,16-19,22-25,34-35,37,39H,9,14-15,20-21H2,1-8H3,(H,46,48)(H,47,49)(H,50,56)(H,57,58)/t22?,23-,24+,25+,34?,35?,37-,39-/m0/s1. The number of likely N-dealkylation sites (N-methyl/N-ethyl adjacent to an activating group) is 1. The molecule has 0 spiro atoms. The van der Waals surface area contributed by atoms with Crippen LogP contribution in [-0.4, -0.2) is 129 Å². The molecule has 0 radical (unpaired) electrons. The number of likely N-dealkylation sites (tertiary alicyclic amines) is 2. The van der Waals surface area contributed by atoms with Crippen LogP contribution in [0.4, 0.5) is 9.59 Å². The van der Waals surface area contributed by atoms with Crippen molar-refractivity contribution in [1.82, 2.24) is 40.0 Å². The van der Waals surface area contributed by atoms with Crippen LogP contribution in [0.15, 0.2) is 48.7 Å². The van der Waals surface area contributed by atoms with Gasteiger partial charge in [-0.05, 0) is 92.3 Å². The van der Waals surface area contributed by atoms with Crippen LogP contribution in [0.25, 0.3) is 44.2 Å². The summed E-state index contributed by atoms with van der Waals surface area (Å²) in [5.41, 5.74) is 6.35. The number of fused-ring (bicyclic) bond motifs is 6. The van der Waals surface area contributed by atoms with Crippen molar-refractivity contribution in [2.75, 3.05) is 34.9 Å². The Hall–Kier alpha value is -6.20. The third-order valence-electron chi connectivity index (χ3n) is 13.0. The predicted octanol–water partition coefficient (Wildman–Crippen LogP) is 6.40. The molecule has 0 aliphatic carbocycles. The summed E-state index contributed by atoms with van der Waals surface area (Å²) in [6.07, 6.45) is 0.767. The summed E-state index contributed by atoms with van der Waals surface area (Å²) in [6, 6.07) is 11.7. The number of hydrogen-bond donors (Lipinski definition) is 4. The van der Waals surface area contributed by atoms with Gasteiger partial charge < -0.3 is 49.1 Å². The number of carbonyl (C=O) groups is 4. The summed E-state index contributed by atoms with van der Waals surface area (Å²) in [6.45, 7) is 8.36. The number of hydrogen-bond acceptors (Lipinski definition) is 10.